The Morgan fingerprint density at radius 1 is 1.48 bits per heavy atom. The highest BCUT2D eigenvalue weighted by molar-refractivity contribution is 5.95. The van der Waals surface area contributed by atoms with Crippen LogP contribution in [0.4, 0.5) is 0 Å². The lowest BCUT2D eigenvalue weighted by atomic mass is 9.95. The molecule has 2 aromatic rings. The first-order valence-corrected chi connectivity index (χ1v) is 7.16. The fraction of sp³-hybridized carbons (Fsp3) is 0.375. The Hall–Kier alpha value is -2.32. The topological polar surface area (TPSA) is 67.2 Å². The lowest BCUT2D eigenvalue weighted by Crippen LogP contribution is -2.43. The van der Waals surface area contributed by atoms with Crippen molar-refractivity contribution < 1.29 is 9.21 Å². The zero-order chi connectivity index (χ0) is 14.4. The quantitative estimate of drug-likeness (QED) is 0.817. The highest BCUT2D eigenvalue weighted by Gasteiger charge is 2.39. The molecule has 0 unspecified atom stereocenters. The Bertz CT molecular complexity index is 758. The van der Waals surface area contributed by atoms with E-state index in [9.17, 15) is 4.79 Å². The van der Waals surface area contributed by atoms with Gasteiger partial charge in [-0.15, -0.1) is 6.42 Å². The summed E-state index contributed by atoms with van der Waals surface area (Å²) in [4.78, 5) is 16.5. The molecule has 2 aromatic heterocycles. The number of nitrogens with one attached hydrogen (secondary N) is 2. The summed E-state index contributed by atoms with van der Waals surface area (Å²) in [6, 6.07) is 4.63. The van der Waals surface area contributed by atoms with E-state index in [1.807, 2.05) is 0 Å². The summed E-state index contributed by atoms with van der Waals surface area (Å²) >= 11 is 0. The van der Waals surface area contributed by atoms with Crippen molar-refractivity contribution >= 4 is 16.9 Å². The zero-order valence-corrected chi connectivity index (χ0v) is 11.4. The van der Waals surface area contributed by atoms with Crippen LogP contribution in [0.1, 0.15) is 35.5 Å². The van der Waals surface area contributed by atoms with E-state index in [1.165, 1.54) is 6.42 Å². The number of fused-ring (bicyclic) bond motifs is 3. The Balaban J connectivity index is 1.55. The number of rotatable bonds is 2. The van der Waals surface area contributed by atoms with Crippen LogP contribution in [0.25, 0.3) is 11.0 Å². The van der Waals surface area contributed by atoms with Gasteiger partial charge >= 0.3 is 0 Å². The summed E-state index contributed by atoms with van der Waals surface area (Å²) in [7, 11) is 0. The van der Waals surface area contributed by atoms with Crippen molar-refractivity contribution in [1.29, 1.82) is 0 Å². The summed E-state index contributed by atoms with van der Waals surface area (Å²) in [6.07, 6.45) is 10.2. The number of hydrogen-bond acceptors (Lipinski definition) is 4. The average molecular weight is 281 g/mol. The first kappa shape index (κ1) is 12.4. The van der Waals surface area contributed by atoms with Crippen LogP contribution < -0.4 is 10.6 Å². The van der Waals surface area contributed by atoms with Gasteiger partial charge in [0.1, 0.15) is 5.69 Å². The van der Waals surface area contributed by atoms with Crippen molar-refractivity contribution in [3.8, 4) is 12.3 Å². The normalized spacial score (nSPS) is 26.9. The van der Waals surface area contributed by atoms with Crippen molar-refractivity contribution in [3.05, 3.63) is 29.8 Å². The number of carbonyl (C=O) groups is 1. The van der Waals surface area contributed by atoms with E-state index >= 15 is 0 Å². The van der Waals surface area contributed by atoms with E-state index in [2.05, 4.69) is 21.5 Å². The molecule has 1 amide bonds. The molecule has 2 bridgehead atoms. The molecule has 4 rings (SSSR count). The van der Waals surface area contributed by atoms with Crippen molar-refractivity contribution in [3.63, 3.8) is 0 Å². The lowest BCUT2D eigenvalue weighted by Gasteiger charge is -2.21. The molecule has 2 saturated heterocycles. The highest BCUT2D eigenvalue weighted by Crippen LogP contribution is 2.28. The molecule has 106 valence electrons. The molecule has 0 saturated carbocycles. The van der Waals surface area contributed by atoms with E-state index in [0.717, 1.165) is 18.2 Å². The monoisotopic (exact) mass is 281 g/mol. The van der Waals surface area contributed by atoms with E-state index in [0.29, 0.717) is 29.1 Å². The minimum Gasteiger partial charge on any atom is -0.446 e. The molecule has 0 radical (unpaired) electrons. The van der Waals surface area contributed by atoms with Crippen LogP contribution in [0, 0.1) is 12.3 Å². The SMILES string of the molecule is C#Cc1cc2cc(C(=O)N[C@@H]3C[C@H]4CC[C@@H]3N4)ncc2o1. The van der Waals surface area contributed by atoms with Crippen LogP contribution in [-0.4, -0.2) is 29.0 Å². The number of terminal acetylenes is 1. The van der Waals surface area contributed by atoms with E-state index in [-0.39, 0.29) is 11.9 Å². The molecular weight excluding hydrogens is 266 g/mol. The van der Waals surface area contributed by atoms with E-state index < -0.39 is 0 Å². The second-order valence-electron chi connectivity index (χ2n) is 5.73. The van der Waals surface area contributed by atoms with Crippen LogP contribution in [-0.2, 0) is 0 Å². The molecule has 2 aliphatic heterocycles. The third kappa shape index (κ3) is 2.08. The summed E-state index contributed by atoms with van der Waals surface area (Å²) in [6.45, 7) is 0. The molecule has 5 heteroatoms. The van der Waals surface area contributed by atoms with Gasteiger partial charge < -0.3 is 15.1 Å². The molecule has 2 N–H and O–H groups in total. The number of carbonyl (C=O) groups excluding carboxylic acids is 1. The van der Waals surface area contributed by atoms with Crippen molar-refractivity contribution in [1.82, 2.24) is 15.6 Å². The van der Waals surface area contributed by atoms with Gasteiger partial charge in [0.25, 0.3) is 5.91 Å². The molecule has 4 heterocycles. The summed E-state index contributed by atoms with van der Waals surface area (Å²) in [5.41, 5.74) is 0.996. The molecule has 0 aliphatic carbocycles. The van der Waals surface area contributed by atoms with Gasteiger partial charge in [0.05, 0.1) is 6.20 Å². The predicted octanol–water partition coefficient (Wildman–Crippen LogP) is 1.43. The summed E-state index contributed by atoms with van der Waals surface area (Å²) < 4.78 is 5.39. The zero-order valence-electron chi connectivity index (χ0n) is 11.4. The summed E-state index contributed by atoms with van der Waals surface area (Å²) in [5, 5.41) is 7.38. The first-order chi connectivity index (χ1) is 10.2. The number of pyridine rings is 1. The number of furan rings is 1. The Morgan fingerprint density at radius 3 is 3.10 bits per heavy atom. The maximum atomic E-state index is 12.3. The third-order valence-electron chi connectivity index (χ3n) is 4.40. The minimum absolute atomic E-state index is 0.139. The first-order valence-electron chi connectivity index (χ1n) is 7.16. The smallest absolute Gasteiger partial charge is 0.270 e. The van der Waals surface area contributed by atoms with E-state index in [1.54, 1.807) is 18.3 Å². The van der Waals surface area contributed by atoms with Crippen LogP contribution in [0.5, 0.6) is 0 Å². The van der Waals surface area contributed by atoms with Crippen LogP contribution >= 0.6 is 0 Å². The Morgan fingerprint density at radius 2 is 2.38 bits per heavy atom. The predicted molar refractivity (Wildman–Crippen MR) is 77.8 cm³/mol. The summed E-state index contributed by atoms with van der Waals surface area (Å²) in [5.74, 6) is 2.75. The maximum absolute atomic E-state index is 12.3. The minimum atomic E-state index is -0.139. The maximum Gasteiger partial charge on any atom is 0.270 e. The molecule has 2 fully saturated rings. The fourth-order valence-electron chi connectivity index (χ4n) is 3.37. The van der Waals surface area contributed by atoms with Crippen molar-refractivity contribution in [2.75, 3.05) is 0 Å². The number of amides is 1. The second-order valence-corrected chi connectivity index (χ2v) is 5.73. The van der Waals surface area contributed by atoms with Gasteiger partial charge in [-0.2, -0.15) is 0 Å². The molecule has 5 nitrogen and oxygen atoms in total. The molecular formula is C16H15N3O2. The van der Waals surface area contributed by atoms with Crippen LogP contribution in [0.2, 0.25) is 0 Å². The van der Waals surface area contributed by atoms with Gasteiger partial charge in [0.2, 0.25) is 0 Å². The van der Waals surface area contributed by atoms with Crippen molar-refractivity contribution in [2.45, 2.75) is 37.4 Å². The van der Waals surface area contributed by atoms with E-state index in [4.69, 9.17) is 10.8 Å². The number of aromatic nitrogens is 1. The molecule has 21 heavy (non-hydrogen) atoms. The van der Waals surface area contributed by atoms with Crippen molar-refractivity contribution in [2.24, 2.45) is 0 Å². The number of hydrogen-bond donors (Lipinski definition) is 2. The van der Waals surface area contributed by atoms with Gasteiger partial charge in [0, 0.05) is 29.6 Å². The van der Waals surface area contributed by atoms with Gasteiger partial charge in [-0.3, -0.25) is 4.79 Å². The molecule has 0 aromatic carbocycles. The molecule has 0 spiro atoms. The fourth-order valence-corrected chi connectivity index (χ4v) is 3.37. The largest absolute Gasteiger partial charge is 0.446 e. The van der Waals surface area contributed by atoms with Gasteiger partial charge in [-0.1, -0.05) is 0 Å². The average Bonchev–Trinajstić information content (AvgIpc) is 3.20. The van der Waals surface area contributed by atoms with Gasteiger partial charge in [-0.05, 0) is 31.2 Å². The van der Waals surface area contributed by atoms with Crippen LogP contribution in [0.15, 0.2) is 22.7 Å². The Kier molecular flexibility index (Phi) is 2.72. The van der Waals surface area contributed by atoms with Crippen LogP contribution in [0.3, 0.4) is 0 Å². The standard InChI is InChI=1S/C16H15N3O2/c1-2-11-5-9-6-14(17-8-15(9)21-11)16(20)19-13-7-10-3-4-12(13)18-10/h1,5-6,8,10,12-13,18H,3-4,7H2,(H,19,20)/t10-,12+,13-/m1/s1. The third-order valence-corrected chi connectivity index (χ3v) is 4.40. The van der Waals surface area contributed by atoms with Gasteiger partial charge in [-0.25, -0.2) is 4.98 Å². The second kappa shape index (κ2) is 4.61. The highest BCUT2D eigenvalue weighted by atomic mass is 16.3. The number of nitrogens with zero attached hydrogens (tertiary/aromatic N) is 1. The Labute approximate surface area is 122 Å². The molecule has 3 atom stereocenters. The lowest BCUT2D eigenvalue weighted by molar-refractivity contribution is 0.0926. The van der Waals surface area contributed by atoms with Gasteiger partial charge in [0.15, 0.2) is 11.3 Å². The molecule has 2 aliphatic rings.